The van der Waals surface area contributed by atoms with Crippen LogP contribution >= 0.6 is 0 Å². The molecule has 1 aromatic carbocycles. The number of benzene rings is 1. The molecule has 1 heteroatoms. The van der Waals surface area contributed by atoms with E-state index in [0.717, 1.165) is 25.7 Å². The Bertz CT molecular complexity index is 394. The number of hydrogen-bond donors (Lipinski definition) is 0. The molecular formula is C17H24O. The molecule has 2 rings (SSSR count). The van der Waals surface area contributed by atoms with E-state index in [0.29, 0.717) is 11.7 Å². The van der Waals surface area contributed by atoms with Crippen molar-refractivity contribution in [3.63, 3.8) is 0 Å². The van der Waals surface area contributed by atoms with Crippen molar-refractivity contribution < 1.29 is 4.79 Å². The van der Waals surface area contributed by atoms with E-state index < -0.39 is 0 Å². The van der Waals surface area contributed by atoms with Crippen LogP contribution < -0.4 is 0 Å². The van der Waals surface area contributed by atoms with Gasteiger partial charge in [-0.2, -0.15) is 0 Å². The van der Waals surface area contributed by atoms with Gasteiger partial charge in [0.25, 0.3) is 0 Å². The van der Waals surface area contributed by atoms with E-state index in [-0.39, 0.29) is 0 Å². The zero-order chi connectivity index (χ0) is 12.8. The van der Waals surface area contributed by atoms with Gasteiger partial charge in [0.05, 0.1) is 0 Å². The number of aryl methyl sites for hydroxylation is 1. The molecule has 0 aliphatic heterocycles. The predicted octanol–water partition coefficient (Wildman–Crippen LogP) is 4.65. The zero-order valence-corrected chi connectivity index (χ0v) is 11.5. The SMILES string of the molecule is CCCC(=O)CCCC1CCCc2ccccc21. The summed E-state index contributed by atoms with van der Waals surface area (Å²) in [6.45, 7) is 2.08. The van der Waals surface area contributed by atoms with Crippen molar-refractivity contribution in [1.29, 1.82) is 0 Å². The minimum Gasteiger partial charge on any atom is -0.300 e. The van der Waals surface area contributed by atoms with Gasteiger partial charge in [-0.15, -0.1) is 0 Å². The second-order valence-electron chi connectivity index (χ2n) is 5.47. The summed E-state index contributed by atoms with van der Waals surface area (Å²) in [5, 5.41) is 0. The fraction of sp³-hybridized carbons (Fsp3) is 0.588. The molecule has 0 aromatic heterocycles. The van der Waals surface area contributed by atoms with Crippen LogP contribution in [0.4, 0.5) is 0 Å². The van der Waals surface area contributed by atoms with E-state index in [1.807, 2.05) is 0 Å². The number of carbonyl (C=O) groups excluding carboxylic acids is 1. The lowest BCUT2D eigenvalue weighted by molar-refractivity contribution is -0.119. The van der Waals surface area contributed by atoms with Crippen molar-refractivity contribution in [2.24, 2.45) is 0 Å². The van der Waals surface area contributed by atoms with E-state index in [9.17, 15) is 4.79 Å². The third-order valence-electron chi connectivity index (χ3n) is 4.03. The van der Waals surface area contributed by atoms with Crippen molar-refractivity contribution >= 4 is 5.78 Å². The minimum absolute atomic E-state index is 0.446. The first-order valence-electron chi connectivity index (χ1n) is 7.40. The normalized spacial score (nSPS) is 18.4. The molecule has 0 radical (unpaired) electrons. The topological polar surface area (TPSA) is 17.1 Å². The van der Waals surface area contributed by atoms with Gasteiger partial charge in [0.2, 0.25) is 0 Å². The summed E-state index contributed by atoms with van der Waals surface area (Å²) in [4.78, 5) is 11.5. The van der Waals surface area contributed by atoms with E-state index in [2.05, 4.69) is 31.2 Å². The fourth-order valence-electron chi connectivity index (χ4n) is 3.10. The van der Waals surface area contributed by atoms with Gasteiger partial charge in [-0.1, -0.05) is 31.2 Å². The fourth-order valence-corrected chi connectivity index (χ4v) is 3.10. The maximum atomic E-state index is 11.5. The molecule has 0 bridgehead atoms. The van der Waals surface area contributed by atoms with Crippen molar-refractivity contribution in [2.75, 3.05) is 0 Å². The summed E-state index contributed by atoms with van der Waals surface area (Å²) in [7, 11) is 0. The number of carbonyl (C=O) groups is 1. The van der Waals surface area contributed by atoms with Gasteiger partial charge in [-0.05, 0) is 55.6 Å². The Morgan fingerprint density at radius 3 is 2.94 bits per heavy atom. The lowest BCUT2D eigenvalue weighted by atomic mass is 9.80. The number of fused-ring (bicyclic) bond motifs is 1. The number of hydrogen-bond acceptors (Lipinski definition) is 1. The predicted molar refractivity (Wildman–Crippen MR) is 75.9 cm³/mol. The Morgan fingerprint density at radius 2 is 2.11 bits per heavy atom. The molecule has 0 amide bonds. The molecule has 1 atom stereocenters. The van der Waals surface area contributed by atoms with E-state index in [1.54, 1.807) is 5.56 Å². The molecule has 18 heavy (non-hydrogen) atoms. The highest BCUT2D eigenvalue weighted by molar-refractivity contribution is 5.78. The highest BCUT2D eigenvalue weighted by Gasteiger charge is 2.19. The Kier molecular flexibility index (Phi) is 4.98. The zero-order valence-electron chi connectivity index (χ0n) is 11.5. The molecule has 0 fully saturated rings. The average molecular weight is 244 g/mol. The monoisotopic (exact) mass is 244 g/mol. The molecule has 98 valence electrons. The van der Waals surface area contributed by atoms with Gasteiger partial charge in [0, 0.05) is 12.8 Å². The van der Waals surface area contributed by atoms with Crippen molar-refractivity contribution in [2.45, 2.75) is 64.2 Å². The highest BCUT2D eigenvalue weighted by Crippen LogP contribution is 2.34. The molecule has 1 aromatic rings. The van der Waals surface area contributed by atoms with Crippen LogP contribution in [0.1, 0.15) is 68.9 Å². The average Bonchev–Trinajstić information content (AvgIpc) is 2.39. The van der Waals surface area contributed by atoms with Crippen molar-refractivity contribution in [3.05, 3.63) is 35.4 Å². The van der Waals surface area contributed by atoms with Crippen molar-refractivity contribution in [1.82, 2.24) is 0 Å². The molecule has 1 aliphatic rings. The number of Topliss-reactive ketones (excluding diaryl/α,β-unsaturated/α-hetero) is 1. The second kappa shape index (κ2) is 6.72. The standard InChI is InChI=1S/C17H24O/c1-2-7-16(18)12-6-11-15-10-5-9-14-8-3-4-13-17(14)15/h3-4,8,13,15H,2,5-7,9-12H2,1H3. The summed E-state index contributed by atoms with van der Waals surface area (Å²) >= 11 is 0. The lowest BCUT2D eigenvalue weighted by Crippen LogP contribution is -2.10. The van der Waals surface area contributed by atoms with Crippen LogP contribution in [0.2, 0.25) is 0 Å². The van der Waals surface area contributed by atoms with E-state index >= 15 is 0 Å². The molecule has 0 N–H and O–H groups in total. The Labute approximate surface area is 111 Å². The second-order valence-corrected chi connectivity index (χ2v) is 5.47. The van der Waals surface area contributed by atoms with Crippen LogP contribution in [0, 0.1) is 0 Å². The maximum absolute atomic E-state index is 11.5. The summed E-state index contributed by atoms with van der Waals surface area (Å²) in [5.41, 5.74) is 3.08. The van der Waals surface area contributed by atoms with Crippen molar-refractivity contribution in [3.8, 4) is 0 Å². The smallest absolute Gasteiger partial charge is 0.132 e. The summed E-state index contributed by atoms with van der Waals surface area (Å²) in [5.74, 6) is 1.14. The van der Waals surface area contributed by atoms with Gasteiger partial charge in [-0.3, -0.25) is 4.79 Å². The van der Waals surface area contributed by atoms with E-state index in [4.69, 9.17) is 0 Å². The molecule has 0 spiro atoms. The van der Waals surface area contributed by atoms with Crippen LogP contribution in [0.5, 0.6) is 0 Å². The molecule has 1 nitrogen and oxygen atoms in total. The molecule has 0 heterocycles. The number of rotatable bonds is 6. The van der Waals surface area contributed by atoms with Crippen LogP contribution in [0.3, 0.4) is 0 Å². The van der Waals surface area contributed by atoms with Gasteiger partial charge in [-0.25, -0.2) is 0 Å². The highest BCUT2D eigenvalue weighted by atomic mass is 16.1. The van der Waals surface area contributed by atoms with Crippen LogP contribution in [0.25, 0.3) is 0 Å². The largest absolute Gasteiger partial charge is 0.300 e. The maximum Gasteiger partial charge on any atom is 0.132 e. The van der Waals surface area contributed by atoms with Gasteiger partial charge >= 0.3 is 0 Å². The molecule has 1 unspecified atom stereocenters. The Morgan fingerprint density at radius 1 is 1.28 bits per heavy atom. The summed E-state index contributed by atoms with van der Waals surface area (Å²) < 4.78 is 0. The molecule has 0 saturated carbocycles. The summed E-state index contributed by atoms with van der Waals surface area (Å²) in [6.07, 6.45) is 8.65. The Balaban J connectivity index is 1.86. The number of ketones is 1. The quantitative estimate of drug-likeness (QED) is 0.712. The Hall–Kier alpha value is -1.11. The molecule has 0 saturated heterocycles. The minimum atomic E-state index is 0.446. The van der Waals surface area contributed by atoms with Gasteiger partial charge in [0.15, 0.2) is 0 Å². The van der Waals surface area contributed by atoms with Gasteiger partial charge < -0.3 is 0 Å². The first-order chi connectivity index (χ1) is 8.81. The summed E-state index contributed by atoms with van der Waals surface area (Å²) in [6, 6.07) is 8.85. The third-order valence-corrected chi connectivity index (χ3v) is 4.03. The lowest BCUT2D eigenvalue weighted by Gasteiger charge is -2.25. The van der Waals surface area contributed by atoms with Crippen LogP contribution in [-0.4, -0.2) is 5.78 Å². The molecule has 1 aliphatic carbocycles. The van der Waals surface area contributed by atoms with Crippen LogP contribution in [0.15, 0.2) is 24.3 Å². The molecular weight excluding hydrogens is 220 g/mol. The first-order valence-corrected chi connectivity index (χ1v) is 7.40. The van der Waals surface area contributed by atoms with Crippen LogP contribution in [-0.2, 0) is 11.2 Å². The van der Waals surface area contributed by atoms with Gasteiger partial charge in [0.1, 0.15) is 5.78 Å². The van der Waals surface area contributed by atoms with E-state index in [1.165, 1.54) is 31.2 Å². The third kappa shape index (κ3) is 3.44. The first kappa shape index (κ1) is 13.3.